The summed E-state index contributed by atoms with van der Waals surface area (Å²) in [6, 6.07) is 11.4. The number of halogens is 3. The molecule has 0 radical (unpaired) electrons. The molecular formula is C15H11Cl3O3. The lowest BCUT2D eigenvalue weighted by Crippen LogP contribution is -2.29. The van der Waals surface area contributed by atoms with E-state index in [0.717, 1.165) is 0 Å². The lowest BCUT2D eigenvalue weighted by molar-refractivity contribution is -0.145. The van der Waals surface area contributed by atoms with Crippen molar-refractivity contribution in [1.82, 2.24) is 0 Å². The zero-order chi connectivity index (χ0) is 15.4. The minimum absolute atomic E-state index is 0.133. The SMILES string of the molecule is O=C(O)[C@@H](Cc1ccc(Cl)cc1Cl)Oc1ccc(Cl)cc1. The Balaban J connectivity index is 2.15. The van der Waals surface area contributed by atoms with Gasteiger partial charge in [0.1, 0.15) is 5.75 Å². The van der Waals surface area contributed by atoms with Crippen LogP contribution in [0.2, 0.25) is 15.1 Å². The van der Waals surface area contributed by atoms with Crippen molar-refractivity contribution in [3.05, 3.63) is 63.1 Å². The summed E-state index contributed by atoms with van der Waals surface area (Å²) in [7, 11) is 0. The summed E-state index contributed by atoms with van der Waals surface area (Å²) in [5.41, 5.74) is 0.655. The van der Waals surface area contributed by atoms with Gasteiger partial charge in [-0.25, -0.2) is 4.79 Å². The zero-order valence-electron chi connectivity index (χ0n) is 10.7. The van der Waals surface area contributed by atoms with Gasteiger partial charge in [-0.15, -0.1) is 0 Å². The number of hydrogen-bond donors (Lipinski definition) is 1. The molecule has 0 heterocycles. The Morgan fingerprint density at radius 2 is 1.67 bits per heavy atom. The van der Waals surface area contributed by atoms with E-state index in [9.17, 15) is 9.90 Å². The van der Waals surface area contributed by atoms with Gasteiger partial charge >= 0.3 is 5.97 Å². The van der Waals surface area contributed by atoms with Gasteiger partial charge in [0.15, 0.2) is 6.10 Å². The van der Waals surface area contributed by atoms with Crippen LogP contribution in [0, 0.1) is 0 Å². The van der Waals surface area contributed by atoms with Crippen molar-refractivity contribution in [3.8, 4) is 5.75 Å². The highest BCUT2D eigenvalue weighted by Crippen LogP contribution is 2.24. The van der Waals surface area contributed by atoms with Crippen LogP contribution in [0.4, 0.5) is 0 Å². The third-order valence-corrected chi connectivity index (χ3v) is 3.63. The zero-order valence-corrected chi connectivity index (χ0v) is 13.0. The molecule has 0 saturated heterocycles. The van der Waals surface area contributed by atoms with Gasteiger partial charge in [-0.05, 0) is 42.0 Å². The van der Waals surface area contributed by atoms with Crippen LogP contribution in [0.3, 0.4) is 0 Å². The first kappa shape index (κ1) is 16.0. The van der Waals surface area contributed by atoms with Crippen LogP contribution < -0.4 is 4.74 Å². The Morgan fingerprint density at radius 3 is 2.24 bits per heavy atom. The number of aliphatic carboxylic acids is 1. The summed E-state index contributed by atoms with van der Waals surface area (Å²) >= 11 is 17.6. The topological polar surface area (TPSA) is 46.5 Å². The molecule has 0 amide bonds. The summed E-state index contributed by atoms with van der Waals surface area (Å²) < 4.78 is 5.47. The number of rotatable bonds is 5. The van der Waals surface area contributed by atoms with Crippen LogP contribution in [0.1, 0.15) is 5.56 Å². The Hall–Kier alpha value is -1.42. The Labute approximate surface area is 137 Å². The third kappa shape index (κ3) is 4.53. The molecule has 0 spiro atoms. The van der Waals surface area contributed by atoms with Gasteiger partial charge in [0, 0.05) is 21.5 Å². The van der Waals surface area contributed by atoms with Crippen LogP contribution in [-0.2, 0) is 11.2 Å². The Morgan fingerprint density at radius 1 is 1.05 bits per heavy atom. The number of carboxylic acid groups (broad SMARTS) is 1. The number of hydrogen-bond acceptors (Lipinski definition) is 2. The number of carbonyl (C=O) groups is 1. The van der Waals surface area contributed by atoms with Crippen molar-refractivity contribution in [2.45, 2.75) is 12.5 Å². The van der Waals surface area contributed by atoms with Gasteiger partial charge in [-0.3, -0.25) is 0 Å². The van der Waals surface area contributed by atoms with Crippen molar-refractivity contribution in [2.75, 3.05) is 0 Å². The molecule has 0 unspecified atom stereocenters. The Bertz CT molecular complexity index is 641. The molecule has 0 bridgehead atoms. The predicted molar refractivity (Wildman–Crippen MR) is 83.7 cm³/mol. The van der Waals surface area contributed by atoms with E-state index in [4.69, 9.17) is 39.5 Å². The summed E-state index contributed by atoms with van der Waals surface area (Å²) in [6.07, 6.45) is -0.918. The van der Waals surface area contributed by atoms with E-state index in [1.807, 2.05) is 0 Å². The molecule has 21 heavy (non-hydrogen) atoms. The summed E-state index contributed by atoms with van der Waals surface area (Å²) in [4.78, 5) is 11.3. The number of ether oxygens (including phenoxy) is 1. The smallest absolute Gasteiger partial charge is 0.345 e. The van der Waals surface area contributed by atoms with E-state index in [0.29, 0.717) is 26.4 Å². The van der Waals surface area contributed by atoms with Gasteiger partial charge in [-0.2, -0.15) is 0 Å². The van der Waals surface area contributed by atoms with Crippen molar-refractivity contribution in [1.29, 1.82) is 0 Å². The van der Waals surface area contributed by atoms with Gasteiger partial charge in [-0.1, -0.05) is 40.9 Å². The first-order chi connectivity index (χ1) is 9.95. The van der Waals surface area contributed by atoms with E-state index in [1.165, 1.54) is 0 Å². The van der Waals surface area contributed by atoms with E-state index in [1.54, 1.807) is 42.5 Å². The maximum atomic E-state index is 11.3. The quantitative estimate of drug-likeness (QED) is 0.852. The fourth-order valence-electron chi connectivity index (χ4n) is 1.74. The summed E-state index contributed by atoms with van der Waals surface area (Å²) in [6.45, 7) is 0. The lowest BCUT2D eigenvalue weighted by Gasteiger charge is -2.16. The predicted octanol–water partition coefficient (Wildman–Crippen LogP) is 4.72. The maximum Gasteiger partial charge on any atom is 0.345 e. The summed E-state index contributed by atoms with van der Waals surface area (Å²) in [5.74, 6) is -0.646. The molecule has 6 heteroatoms. The maximum absolute atomic E-state index is 11.3. The average Bonchev–Trinajstić information content (AvgIpc) is 2.43. The highest BCUT2D eigenvalue weighted by atomic mass is 35.5. The molecular weight excluding hydrogens is 335 g/mol. The fourth-order valence-corrected chi connectivity index (χ4v) is 2.36. The van der Waals surface area contributed by atoms with E-state index >= 15 is 0 Å². The minimum Gasteiger partial charge on any atom is -0.478 e. The van der Waals surface area contributed by atoms with E-state index < -0.39 is 12.1 Å². The molecule has 0 fully saturated rings. The molecule has 2 rings (SSSR count). The monoisotopic (exact) mass is 344 g/mol. The highest BCUT2D eigenvalue weighted by molar-refractivity contribution is 6.35. The molecule has 3 nitrogen and oxygen atoms in total. The number of carboxylic acids is 1. The van der Waals surface area contributed by atoms with Crippen LogP contribution in [-0.4, -0.2) is 17.2 Å². The van der Waals surface area contributed by atoms with Gasteiger partial charge < -0.3 is 9.84 Å². The largest absolute Gasteiger partial charge is 0.478 e. The second-order valence-electron chi connectivity index (χ2n) is 4.34. The molecule has 1 N–H and O–H groups in total. The first-order valence-corrected chi connectivity index (χ1v) is 7.18. The van der Waals surface area contributed by atoms with Crippen molar-refractivity contribution in [3.63, 3.8) is 0 Å². The van der Waals surface area contributed by atoms with Crippen molar-refractivity contribution in [2.24, 2.45) is 0 Å². The fraction of sp³-hybridized carbons (Fsp3) is 0.133. The molecule has 0 aliphatic carbocycles. The molecule has 2 aromatic carbocycles. The molecule has 110 valence electrons. The first-order valence-electron chi connectivity index (χ1n) is 6.04. The van der Waals surface area contributed by atoms with Crippen LogP contribution in [0.15, 0.2) is 42.5 Å². The van der Waals surface area contributed by atoms with Crippen LogP contribution >= 0.6 is 34.8 Å². The molecule has 2 aromatic rings. The second-order valence-corrected chi connectivity index (χ2v) is 5.62. The van der Waals surface area contributed by atoms with Crippen molar-refractivity contribution >= 4 is 40.8 Å². The van der Waals surface area contributed by atoms with Gasteiger partial charge in [0.2, 0.25) is 0 Å². The highest BCUT2D eigenvalue weighted by Gasteiger charge is 2.21. The second kappa shape index (κ2) is 7.03. The number of benzene rings is 2. The van der Waals surface area contributed by atoms with Crippen molar-refractivity contribution < 1.29 is 14.6 Å². The lowest BCUT2D eigenvalue weighted by atomic mass is 10.1. The normalized spacial score (nSPS) is 12.0. The molecule has 0 aliphatic heterocycles. The van der Waals surface area contributed by atoms with Crippen LogP contribution in [0.25, 0.3) is 0 Å². The van der Waals surface area contributed by atoms with Crippen LogP contribution in [0.5, 0.6) is 5.75 Å². The minimum atomic E-state index is -1.07. The average molecular weight is 346 g/mol. The summed E-state index contributed by atoms with van der Waals surface area (Å²) in [5, 5.41) is 10.7. The Kier molecular flexibility index (Phi) is 5.34. The molecule has 0 saturated carbocycles. The third-order valence-electron chi connectivity index (χ3n) is 2.79. The van der Waals surface area contributed by atoms with Gasteiger partial charge in [0.25, 0.3) is 0 Å². The molecule has 0 aliphatic rings. The van der Waals surface area contributed by atoms with E-state index in [2.05, 4.69) is 0 Å². The molecule has 0 aromatic heterocycles. The van der Waals surface area contributed by atoms with Gasteiger partial charge in [0.05, 0.1) is 0 Å². The van der Waals surface area contributed by atoms with E-state index in [-0.39, 0.29) is 6.42 Å². The standard InChI is InChI=1S/C15H11Cl3O3/c16-10-3-5-12(6-4-10)21-14(15(19)20)7-9-1-2-11(17)8-13(9)18/h1-6,8,14H,7H2,(H,19,20)/t14-/m1/s1. The molecule has 1 atom stereocenters.